The van der Waals surface area contributed by atoms with Crippen LogP contribution in [-0.2, 0) is 14.1 Å². The molecule has 4 heteroatoms. The van der Waals surface area contributed by atoms with Gasteiger partial charge in [-0.05, 0) is 4.80 Å². The number of rotatable bonds is 0. The summed E-state index contributed by atoms with van der Waals surface area (Å²) in [5, 5.41) is 7.62. The largest absolute Gasteiger partial charge is 0.285 e. The highest BCUT2D eigenvalue weighted by Gasteiger charge is 1.92. The molecule has 1 rings (SSSR count). The van der Waals surface area contributed by atoms with Crippen molar-refractivity contribution < 1.29 is 4.68 Å². The minimum absolute atomic E-state index is 1.50. The predicted molar refractivity (Wildman–Crippen MR) is 22.2 cm³/mol. The van der Waals surface area contributed by atoms with E-state index in [0.29, 0.717) is 0 Å². The van der Waals surface area contributed by atoms with Gasteiger partial charge in [0.2, 0.25) is 0 Å². The van der Waals surface area contributed by atoms with E-state index < -0.39 is 0 Å². The van der Waals surface area contributed by atoms with Crippen molar-refractivity contribution in [3.8, 4) is 0 Å². The van der Waals surface area contributed by atoms with Gasteiger partial charge in [-0.15, -0.1) is 4.68 Å². The van der Waals surface area contributed by atoms with E-state index in [1.165, 1.54) is 4.80 Å². The first kappa shape index (κ1) is 4.23. The third-order valence-corrected chi connectivity index (χ3v) is 0.656. The third kappa shape index (κ3) is 0.734. The molecular formula is C3H7N4+. The summed E-state index contributed by atoms with van der Waals surface area (Å²) in [6.07, 6.45) is 1.64. The lowest BCUT2D eigenvalue weighted by atomic mass is 11.2. The van der Waals surface area contributed by atoms with Crippen LogP contribution in [0, 0.1) is 0 Å². The molecule has 0 saturated carbocycles. The van der Waals surface area contributed by atoms with Gasteiger partial charge in [0.1, 0.15) is 7.05 Å². The van der Waals surface area contributed by atoms with Gasteiger partial charge in [0.15, 0.2) is 0 Å². The lowest BCUT2D eigenvalue weighted by molar-refractivity contribution is -0.733. The summed E-state index contributed by atoms with van der Waals surface area (Å²) in [7, 11) is 3.60. The number of hydrogen-bond acceptors (Lipinski definition) is 2. The second kappa shape index (κ2) is 1.29. The molecule has 0 amide bonds. The van der Waals surface area contributed by atoms with Crippen LogP contribution >= 0.6 is 0 Å². The predicted octanol–water partition coefficient (Wildman–Crippen LogP) is -1.36. The topological polar surface area (TPSA) is 34.6 Å². The van der Waals surface area contributed by atoms with E-state index in [-0.39, 0.29) is 0 Å². The first-order chi connectivity index (χ1) is 3.29. The molecule has 0 unspecified atom stereocenters. The van der Waals surface area contributed by atoms with Gasteiger partial charge in [0, 0.05) is 0 Å². The molecule has 1 heterocycles. The molecular weight excluding hydrogens is 92.1 g/mol. The Morgan fingerprint density at radius 1 is 1.71 bits per heavy atom. The monoisotopic (exact) mass is 99.1 g/mol. The zero-order chi connectivity index (χ0) is 5.28. The lowest BCUT2D eigenvalue weighted by Gasteiger charge is -1.67. The van der Waals surface area contributed by atoms with Gasteiger partial charge in [-0.25, -0.2) is 0 Å². The van der Waals surface area contributed by atoms with Crippen LogP contribution in [0.2, 0.25) is 0 Å². The van der Waals surface area contributed by atoms with Crippen molar-refractivity contribution in [3.05, 3.63) is 6.33 Å². The molecule has 0 aliphatic rings. The molecule has 0 aromatic carbocycles. The highest BCUT2D eigenvalue weighted by Crippen LogP contribution is 1.53. The summed E-state index contributed by atoms with van der Waals surface area (Å²) in [5.41, 5.74) is 0. The number of hydrogen-bond donors (Lipinski definition) is 0. The molecule has 1 aromatic rings. The van der Waals surface area contributed by atoms with E-state index in [4.69, 9.17) is 0 Å². The van der Waals surface area contributed by atoms with Crippen molar-refractivity contribution in [1.82, 2.24) is 15.1 Å². The molecule has 0 bridgehead atoms. The molecule has 0 spiro atoms. The van der Waals surface area contributed by atoms with E-state index in [9.17, 15) is 0 Å². The van der Waals surface area contributed by atoms with Crippen LogP contribution in [-0.4, -0.2) is 15.1 Å². The minimum Gasteiger partial charge on any atom is -0.143 e. The molecule has 7 heavy (non-hydrogen) atoms. The van der Waals surface area contributed by atoms with Gasteiger partial charge in [-0.3, -0.25) is 0 Å². The van der Waals surface area contributed by atoms with Crippen LogP contribution in [0.5, 0.6) is 0 Å². The number of nitrogens with zero attached hydrogens (tertiary/aromatic N) is 4. The Morgan fingerprint density at radius 3 is 2.57 bits per heavy atom. The molecule has 0 N–H and O–H groups in total. The van der Waals surface area contributed by atoms with Crippen molar-refractivity contribution in [2.24, 2.45) is 14.1 Å². The molecule has 0 saturated heterocycles. The standard InChI is InChI=1S/C3H7N4/c1-6-3-4-7(2)5-6/h3H,1-2H3/q+1. The Morgan fingerprint density at radius 2 is 2.43 bits per heavy atom. The third-order valence-electron chi connectivity index (χ3n) is 0.656. The van der Waals surface area contributed by atoms with Gasteiger partial charge in [0.25, 0.3) is 6.33 Å². The van der Waals surface area contributed by atoms with Crippen LogP contribution in [0.15, 0.2) is 6.33 Å². The quantitative estimate of drug-likeness (QED) is 0.376. The van der Waals surface area contributed by atoms with Crippen LogP contribution in [0.3, 0.4) is 0 Å². The number of aryl methyl sites for hydroxylation is 2. The number of aromatic nitrogens is 4. The van der Waals surface area contributed by atoms with Crippen molar-refractivity contribution in [2.45, 2.75) is 0 Å². The van der Waals surface area contributed by atoms with Crippen LogP contribution in [0.25, 0.3) is 0 Å². The normalized spacial score (nSPS) is 9.43. The van der Waals surface area contributed by atoms with Gasteiger partial charge < -0.3 is 0 Å². The maximum Gasteiger partial charge on any atom is 0.285 e. The minimum atomic E-state index is 1.50. The zero-order valence-electron chi connectivity index (χ0n) is 4.37. The van der Waals surface area contributed by atoms with E-state index >= 15 is 0 Å². The van der Waals surface area contributed by atoms with Crippen molar-refractivity contribution in [3.63, 3.8) is 0 Å². The molecule has 1 aromatic heterocycles. The van der Waals surface area contributed by atoms with Crippen LogP contribution in [0.1, 0.15) is 0 Å². The summed E-state index contributed by atoms with van der Waals surface area (Å²) in [4.78, 5) is 1.50. The second-order valence-electron chi connectivity index (χ2n) is 1.38. The summed E-state index contributed by atoms with van der Waals surface area (Å²) in [5.74, 6) is 0. The lowest BCUT2D eigenvalue weighted by Crippen LogP contribution is -2.29. The van der Waals surface area contributed by atoms with Crippen LogP contribution in [0.4, 0.5) is 0 Å². The van der Waals surface area contributed by atoms with E-state index in [1.54, 1.807) is 18.1 Å². The van der Waals surface area contributed by atoms with Gasteiger partial charge in [0.05, 0.1) is 17.4 Å². The summed E-state index contributed by atoms with van der Waals surface area (Å²) >= 11 is 0. The maximum absolute atomic E-state index is 3.83. The molecule has 38 valence electrons. The van der Waals surface area contributed by atoms with Gasteiger partial charge >= 0.3 is 0 Å². The summed E-state index contributed by atoms with van der Waals surface area (Å²) in [6.45, 7) is 0. The fourth-order valence-electron chi connectivity index (χ4n) is 0.400. The molecule has 0 aliphatic carbocycles. The fraction of sp³-hybridized carbons (Fsp3) is 0.667. The van der Waals surface area contributed by atoms with Crippen molar-refractivity contribution in [2.75, 3.05) is 0 Å². The second-order valence-corrected chi connectivity index (χ2v) is 1.38. The molecule has 0 atom stereocenters. The van der Waals surface area contributed by atoms with E-state index in [0.717, 1.165) is 0 Å². The first-order valence-electron chi connectivity index (χ1n) is 2.01. The molecule has 4 nitrogen and oxygen atoms in total. The average Bonchev–Trinajstić information content (AvgIpc) is 1.87. The van der Waals surface area contributed by atoms with Gasteiger partial charge in [-0.2, -0.15) is 0 Å². The molecule has 0 aliphatic heterocycles. The molecule has 0 radical (unpaired) electrons. The van der Waals surface area contributed by atoms with Crippen LogP contribution < -0.4 is 4.68 Å². The SMILES string of the molecule is Cn1nc[n+](C)n1. The highest BCUT2D eigenvalue weighted by molar-refractivity contribution is 4.17. The van der Waals surface area contributed by atoms with Crippen molar-refractivity contribution in [1.29, 1.82) is 0 Å². The highest BCUT2D eigenvalue weighted by atomic mass is 15.6. The maximum atomic E-state index is 3.83. The van der Waals surface area contributed by atoms with E-state index in [1.807, 2.05) is 7.05 Å². The van der Waals surface area contributed by atoms with Gasteiger partial charge in [-0.1, -0.05) is 0 Å². The Bertz CT molecular complexity index is 139. The number of tetrazole rings is 1. The molecule has 0 fully saturated rings. The Labute approximate surface area is 41.4 Å². The van der Waals surface area contributed by atoms with Crippen molar-refractivity contribution >= 4 is 0 Å². The Balaban J connectivity index is 3.04. The smallest absolute Gasteiger partial charge is 0.143 e. The zero-order valence-corrected chi connectivity index (χ0v) is 4.37. The summed E-state index contributed by atoms with van der Waals surface area (Å²) in [6, 6.07) is 0. The average molecular weight is 99.1 g/mol. The fourth-order valence-corrected chi connectivity index (χ4v) is 0.400. The van der Waals surface area contributed by atoms with E-state index in [2.05, 4.69) is 10.3 Å². The first-order valence-corrected chi connectivity index (χ1v) is 2.01. The summed E-state index contributed by atoms with van der Waals surface area (Å²) < 4.78 is 1.64. The Kier molecular flexibility index (Phi) is 0.780. The Hall–Kier alpha value is -0.930.